The van der Waals surface area contributed by atoms with Crippen LogP contribution < -0.4 is 10.1 Å². The lowest BCUT2D eigenvalue weighted by atomic mass is 10.2. The first kappa shape index (κ1) is 13.5. The van der Waals surface area contributed by atoms with E-state index < -0.39 is 6.36 Å². The normalized spacial score (nSPS) is 11.5. The van der Waals surface area contributed by atoms with Crippen molar-refractivity contribution in [1.82, 2.24) is 5.32 Å². The van der Waals surface area contributed by atoms with Gasteiger partial charge in [-0.05, 0) is 23.8 Å². The van der Waals surface area contributed by atoms with Crippen LogP contribution in [0.25, 0.3) is 0 Å². The molecule has 1 N–H and O–H groups in total. The van der Waals surface area contributed by atoms with Gasteiger partial charge in [0.15, 0.2) is 0 Å². The Bertz CT molecular complexity index is 492. The third kappa shape index (κ3) is 4.67. The summed E-state index contributed by atoms with van der Waals surface area (Å²) in [6.07, 6.45) is -1.44. The number of furan rings is 1. The van der Waals surface area contributed by atoms with E-state index in [1.54, 1.807) is 24.7 Å². The lowest BCUT2D eigenvalue weighted by Crippen LogP contribution is -2.17. The zero-order valence-corrected chi connectivity index (χ0v) is 9.91. The molecule has 0 atom stereocenters. The second kappa shape index (κ2) is 5.79. The standard InChI is InChI=1S/C13H12F3NO2/c14-13(15,16)19-12-3-1-10(2-4-12)7-17-8-11-5-6-18-9-11/h1-6,9,17H,7-8H2. The van der Waals surface area contributed by atoms with E-state index in [1.807, 2.05) is 6.07 Å². The highest BCUT2D eigenvalue weighted by Gasteiger charge is 2.30. The number of hydrogen-bond acceptors (Lipinski definition) is 3. The number of rotatable bonds is 5. The topological polar surface area (TPSA) is 34.4 Å². The Morgan fingerprint density at radius 1 is 1.00 bits per heavy atom. The summed E-state index contributed by atoms with van der Waals surface area (Å²) in [5.41, 5.74) is 1.88. The molecule has 0 radical (unpaired) electrons. The number of alkyl halides is 3. The first-order valence-electron chi connectivity index (χ1n) is 5.59. The highest BCUT2D eigenvalue weighted by molar-refractivity contribution is 5.27. The maximum absolute atomic E-state index is 12.0. The van der Waals surface area contributed by atoms with Crippen LogP contribution in [0.2, 0.25) is 0 Å². The van der Waals surface area contributed by atoms with E-state index >= 15 is 0 Å². The molecule has 0 aliphatic rings. The van der Waals surface area contributed by atoms with Gasteiger partial charge < -0.3 is 14.5 Å². The molecule has 1 heterocycles. The molecule has 2 aromatic rings. The first-order valence-corrected chi connectivity index (χ1v) is 5.59. The Morgan fingerprint density at radius 3 is 2.26 bits per heavy atom. The van der Waals surface area contributed by atoms with Crippen LogP contribution in [-0.4, -0.2) is 6.36 Å². The van der Waals surface area contributed by atoms with Crippen LogP contribution in [0.3, 0.4) is 0 Å². The van der Waals surface area contributed by atoms with Gasteiger partial charge in [-0.25, -0.2) is 0 Å². The summed E-state index contributed by atoms with van der Waals surface area (Å²) >= 11 is 0. The molecule has 102 valence electrons. The van der Waals surface area contributed by atoms with Crippen molar-refractivity contribution in [2.75, 3.05) is 0 Å². The predicted octanol–water partition coefficient (Wildman–Crippen LogP) is 3.47. The Hall–Kier alpha value is -1.95. The molecular formula is C13H12F3NO2. The van der Waals surface area contributed by atoms with Gasteiger partial charge in [-0.2, -0.15) is 0 Å². The molecule has 0 amide bonds. The zero-order chi connectivity index (χ0) is 13.7. The van der Waals surface area contributed by atoms with E-state index in [9.17, 15) is 13.2 Å². The SMILES string of the molecule is FC(F)(F)Oc1ccc(CNCc2ccoc2)cc1. The maximum Gasteiger partial charge on any atom is 0.573 e. The lowest BCUT2D eigenvalue weighted by molar-refractivity contribution is -0.274. The minimum atomic E-state index is -4.65. The summed E-state index contributed by atoms with van der Waals surface area (Å²) in [4.78, 5) is 0. The Labute approximate surface area is 108 Å². The third-order valence-electron chi connectivity index (χ3n) is 2.40. The highest BCUT2D eigenvalue weighted by atomic mass is 19.4. The second-order valence-corrected chi connectivity index (χ2v) is 3.93. The molecule has 3 nitrogen and oxygen atoms in total. The summed E-state index contributed by atoms with van der Waals surface area (Å²) in [6, 6.07) is 7.60. The molecule has 0 saturated carbocycles. The quantitative estimate of drug-likeness (QED) is 0.904. The van der Waals surface area contributed by atoms with E-state index in [-0.39, 0.29) is 5.75 Å². The van der Waals surface area contributed by atoms with Crippen LogP contribution in [0.1, 0.15) is 11.1 Å². The Morgan fingerprint density at radius 2 is 1.68 bits per heavy atom. The monoisotopic (exact) mass is 271 g/mol. The molecule has 0 aliphatic carbocycles. The van der Waals surface area contributed by atoms with Crippen molar-refractivity contribution in [2.45, 2.75) is 19.5 Å². The minimum Gasteiger partial charge on any atom is -0.472 e. The molecule has 1 aromatic heterocycles. The molecule has 0 spiro atoms. The highest BCUT2D eigenvalue weighted by Crippen LogP contribution is 2.22. The average molecular weight is 271 g/mol. The molecule has 19 heavy (non-hydrogen) atoms. The van der Waals surface area contributed by atoms with Crippen molar-refractivity contribution < 1.29 is 22.3 Å². The van der Waals surface area contributed by atoms with Crippen molar-refractivity contribution in [3.63, 3.8) is 0 Å². The predicted molar refractivity (Wildman–Crippen MR) is 62.4 cm³/mol. The molecule has 0 unspecified atom stereocenters. The average Bonchev–Trinajstić information content (AvgIpc) is 2.82. The van der Waals surface area contributed by atoms with Crippen LogP contribution in [0.15, 0.2) is 47.3 Å². The van der Waals surface area contributed by atoms with Gasteiger partial charge in [-0.1, -0.05) is 12.1 Å². The van der Waals surface area contributed by atoms with Gasteiger partial charge >= 0.3 is 6.36 Å². The molecule has 0 fully saturated rings. The molecule has 0 saturated heterocycles. The van der Waals surface area contributed by atoms with Gasteiger partial charge in [-0.15, -0.1) is 13.2 Å². The summed E-state index contributed by atoms with van der Waals surface area (Å²) in [5.74, 6) is -0.217. The van der Waals surface area contributed by atoms with Gasteiger partial charge in [0, 0.05) is 18.7 Å². The fourth-order valence-corrected chi connectivity index (χ4v) is 1.55. The smallest absolute Gasteiger partial charge is 0.472 e. The van der Waals surface area contributed by atoms with Crippen LogP contribution in [-0.2, 0) is 13.1 Å². The van der Waals surface area contributed by atoms with Crippen molar-refractivity contribution in [2.24, 2.45) is 0 Å². The largest absolute Gasteiger partial charge is 0.573 e. The molecular weight excluding hydrogens is 259 g/mol. The van der Waals surface area contributed by atoms with Crippen LogP contribution in [0.4, 0.5) is 13.2 Å². The van der Waals surface area contributed by atoms with Crippen molar-refractivity contribution >= 4 is 0 Å². The van der Waals surface area contributed by atoms with Crippen molar-refractivity contribution in [1.29, 1.82) is 0 Å². The Kier molecular flexibility index (Phi) is 4.11. The van der Waals surface area contributed by atoms with E-state index in [0.717, 1.165) is 11.1 Å². The molecule has 2 rings (SSSR count). The van der Waals surface area contributed by atoms with Gasteiger partial charge in [0.1, 0.15) is 5.75 Å². The van der Waals surface area contributed by atoms with Crippen LogP contribution in [0.5, 0.6) is 5.75 Å². The summed E-state index contributed by atoms with van der Waals surface area (Å²) in [5, 5.41) is 3.15. The van der Waals surface area contributed by atoms with Gasteiger partial charge in [0.25, 0.3) is 0 Å². The van der Waals surface area contributed by atoms with Crippen molar-refractivity contribution in [3.8, 4) is 5.75 Å². The van der Waals surface area contributed by atoms with E-state index in [0.29, 0.717) is 13.1 Å². The number of nitrogens with one attached hydrogen (secondary N) is 1. The summed E-state index contributed by atoms with van der Waals surface area (Å²) in [7, 11) is 0. The van der Waals surface area contributed by atoms with E-state index in [1.165, 1.54) is 12.1 Å². The number of hydrogen-bond donors (Lipinski definition) is 1. The number of halogens is 3. The van der Waals surface area contributed by atoms with Crippen LogP contribution in [0, 0.1) is 0 Å². The summed E-state index contributed by atoms with van der Waals surface area (Å²) < 4.78 is 44.6. The molecule has 0 bridgehead atoms. The second-order valence-electron chi connectivity index (χ2n) is 3.93. The molecule has 0 aliphatic heterocycles. The molecule has 6 heteroatoms. The van der Waals surface area contributed by atoms with E-state index in [4.69, 9.17) is 4.42 Å². The molecule has 1 aromatic carbocycles. The van der Waals surface area contributed by atoms with Gasteiger partial charge in [-0.3, -0.25) is 0 Å². The van der Waals surface area contributed by atoms with Crippen LogP contribution >= 0.6 is 0 Å². The van der Waals surface area contributed by atoms with Crippen molar-refractivity contribution in [3.05, 3.63) is 54.0 Å². The lowest BCUT2D eigenvalue weighted by Gasteiger charge is -2.09. The van der Waals surface area contributed by atoms with Gasteiger partial charge in [0.05, 0.1) is 12.5 Å². The van der Waals surface area contributed by atoms with Gasteiger partial charge in [0.2, 0.25) is 0 Å². The fourth-order valence-electron chi connectivity index (χ4n) is 1.55. The maximum atomic E-state index is 12.0. The zero-order valence-electron chi connectivity index (χ0n) is 9.91. The van der Waals surface area contributed by atoms with E-state index in [2.05, 4.69) is 10.1 Å². The third-order valence-corrected chi connectivity index (χ3v) is 2.40. The fraction of sp³-hybridized carbons (Fsp3) is 0.231. The Balaban J connectivity index is 1.81. The first-order chi connectivity index (χ1) is 9.03. The number of ether oxygens (including phenoxy) is 1. The summed E-state index contributed by atoms with van der Waals surface area (Å²) in [6.45, 7) is 1.19. The minimum absolute atomic E-state index is 0.217. The number of benzene rings is 1.